The molecule has 0 aliphatic carbocycles. The zero-order chi connectivity index (χ0) is 26.3. The zero-order valence-electron chi connectivity index (χ0n) is 18.7. The summed E-state index contributed by atoms with van der Waals surface area (Å²) in [4.78, 5) is 16.5. The minimum Gasteiger partial charge on any atom is -0.351 e. The molecule has 36 heavy (non-hydrogen) atoms. The van der Waals surface area contributed by atoms with Crippen molar-refractivity contribution in [2.24, 2.45) is 0 Å². The van der Waals surface area contributed by atoms with Gasteiger partial charge in [0.05, 0.1) is 9.77 Å². The molecule has 1 aliphatic heterocycles. The number of rotatable bonds is 7. The number of sulfonamides is 1. The van der Waals surface area contributed by atoms with Crippen LogP contribution in [0.3, 0.4) is 0 Å². The zero-order valence-corrected chi connectivity index (χ0v) is 20.4. The molecule has 13 heteroatoms. The molecule has 0 radical (unpaired) electrons. The quantitative estimate of drug-likeness (QED) is 0.440. The molecule has 6 nitrogen and oxygen atoms in total. The summed E-state index contributed by atoms with van der Waals surface area (Å²) in [5.74, 6) is -5.28. The van der Waals surface area contributed by atoms with Gasteiger partial charge < -0.3 is 5.32 Å². The minimum atomic E-state index is -4.29. The molecule has 0 unspecified atom stereocenters. The van der Waals surface area contributed by atoms with Crippen LogP contribution in [-0.2, 0) is 27.3 Å². The van der Waals surface area contributed by atoms with E-state index in [2.05, 4.69) is 10.3 Å². The van der Waals surface area contributed by atoms with Crippen LogP contribution in [0.5, 0.6) is 0 Å². The van der Waals surface area contributed by atoms with Gasteiger partial charge in [0.25, 0.3) is 5.92 Å². The highest BCUT2D eigenvalue weighted by Crippen LogP contribution is 2.35. The van der Waals surface area contributed by atoms with Crippen LogP contribution in [0.4, 0.5) is 22.0 Å². The van der Waals surface area contributed by atoms with E-state index in [0.29, 0.717) is 23.1 Å². The Morgan fingerprint density at radius 1 is 1.17 bits per heavy atom. The van der Waals surface area contributed by atoms with Gasteiger partial charge in [-0.2, -0.15) is 13.1 Å². The molecule has 0 spiro atoms. The molecule has 0 bridgehead atoms. The number of hydrogen-bond donors (Lipinski definition) is 1. The number of hydrogen-bond acceptors (Lipinski definition) is 5. The van der Waals surface area contributed by atoms with Crippen molar-refractivity contribution in [2.45, 2.75) is 42.9 Å². The summed E-state index contributed by atoms with van der Waals surface area (Å²) >= 11 is 0.704. The number of aromatic nitrogens is 1. The van der Waals surface area contributed by atoms with Crippen LogP contribution in [0, 0.1) is 11.6 Å². The summed E-state index contributed by atoms with van der Waals surface area (Å²) in [6.45, 7) is -0.0680. The number of nitrogens with zero attached hydrogens (tertiary/aromatic N) is 2. The maximum absolute atomic E-state index is 14.2. The summed E-state index contributed by atoms with van der Waals surface area (Å²) in [6, 6.07) is 6.32. The first-order valence-electron chi connectivity index (χ1n) is 10.7. The molecular formula is C23H20F5N3O3S2. The fourth-order valence-electron chi connectivity index (χ4n) is 3.81. The molecule has 1 saturated heterocycles. The molecule has 3 aromatic rings. The molecule has 1 N–H and O–H groups in total. The average molecular weight is 546 g/mol. The summed E-state index contributed by atoms with van der Waals surface area (Å²) in [6.07, 6.45) is -0.767. The van der Waals surface area contributed by atoms with Crippen molar-refractivity contribution in [3.05, 3.63) is 70.9 Å². The lowest BCUT2D eigenvalue weighted by Gasteiger charge is -2.23. The lowest BCUT2D eigenvalue weighted by Crippen LogP contribution is -2.45. The molecule has 1 aromatic heterocycles. The number of carbonyl (C=O) groups is 1. The van der Waals surface area contributed by atoms with Gasteiger partial charge >= 0.3 is 0 Å². The molecule has 2 atom stereocenters. The van der Waals surface area contributed by atoms with Crippen LogP contribution in [0.15, 0.2) is 53.6 Å². The fraction of sp³-hybridized carbons (Fsp3) is 0.304. The molecule has 0 saturated carbocycles. The predicted octanol–water partition coefficient (Wildman–Crippen LogP) is 4.62. The number of amides is 1. The van der Waals surface area contributed by atoms with Gasteiger partial charge in [0.15, 0.2) is 5.01 Å². The molecule has 4 rings (SSSR count). The van der Waals surface area contributed by atoms with Crippen molar-refractivity contribution in [3.63, 3.8) is 0 Å². The van der Waals surface area contributed by atoms with E-state index in [9.17, 15) is 35.2 Å². The molecule has 1 fully saturated rings. The summed E-state index contributed by atoms with van der Waals surface area (Å²) in [5, 5.41) is 2.06. The Morgan fingerprint density at radius 2 is 1.86 bits per heavy atom. The highest BCUT2D eigenvalue weighted by Gasteiger charge is 2.44. The lowest BCUT2D eigenvalue weighted by molar-refractivity contribution is -0.124. The van der Waals surface area contributed by atoms with Crippen LogP contribution < -0.4 is 5.32 Å². The average Bonchev–Trinajstić information content (AvgIpc) is 3.45. The standard InChI is InChI=1S/C23H20F5N3O3S2/c1-23(27,28)22-30-11-20(35-22)14-6-13(7-16(25)8-14)10-29-21(32)19-9-17(26)12-31(19)36(33,34)18-4-2-15(24)3-5-18/h2-8,11,17,19H,9-10,12H2,1H3,(H,29,32)/t17-,19+/m1/s1. The van der Waals surface area contributed by atoms with E-state index in [0.717, 1.165) is 40.7 Å². The number of benzene rings is 2. The first-order valence-corrected chi connectivity index (χ1v) is 12.9. The van der Waals surface area contributed by atoms with E-state index in [1.807, 2.05) is 0 Å². The normalized spacial score (nSPS) is 18.9. The predicted molar refractivity (Wildman–Crippen MR) is 123 cm³/mol. The van der Waals surface area contributed by atoms with Crippen LogP contribution in [0.25, 0.3) is 10.4 Å². The van der Waals surface area contributed by atoms with E-state index in [4.69, 9.17) is 0 Å². The highest BCUT2D eigenvalue weighted by molar-refractivity contribution is 7.89. The Hall–Kier alpha value is -2.90. The number of halogens is 5. The molecular weight excluding hydrogens is 525 g/mol. The van der Waals surface area contributed by atoms with Crippen LogP contribution >= 0.6 is 11.3 Å². The third-order valence-corrected chi connectivity index (χ3v) is 8.62. The van der Waals surface area contributed by atoms with E-state index in [-0.39, 0.29) is 29.0 Å². The van der Waals surface area contributed by atoms with Crippen molar-refractivity contribution < 1.29 is 35.2 Å². The van der Waals surface area contributed by atoms with Gasteiger partial charge in [0, 0.05) is 32.6 Å². The third kappa shape index (κ3) is 5.57. The van der Waals surface area contributed by atoms with Gasteiger partial charge in [-0.05, 0) is 53.6 Å². The Morgan fingerprint density at radius 3 is 2.50 bits per heavy atom. The Kier molecular flexibility index (Phi) is 7.17. The van der Waals surface area contributed by atoms with Gasteiger partial charge in [0.1, 0.15) is 23.8 Å². The highest BCUT2D eigenvalue weighted by atomic mass is 32.2. The summed E-state index contributed by atoms with van der Waals surface area (Å²) in [5.41, 5.74) is 0.553. The second-order valence-corrected chi connectivity index (χ2v) is 11.3. The first-order chi connectivity index (χ1) is 16.8. The third-order valence-electron chi connectivity index (χ3n) is 5.52. The first kappa shape index (κ1) is 26.2. The van der Waals surface area contributed by atoms with Crippen LogP contribution in [0.1, 0.15) is 23.9 Å². The van der Waals surface area contributed by atoms with Crippen molar-refractivity contribution in [1.82, 2.24) is 14.6 Å². The van der Waals surface area contributed by atoms with Crippen molar-refractivity contribution in [2.75, 3.05) is 6.54 Å². The van der Waals surface area contributed by atoms with Gasteiger partial charge in [0.2, 0.25) is 15.9 Å². The molecule has 1 aliphatic rings. The fourth-order valence-corrected chi connectivity index (χ4v) is 6.27. The molecule has 2 heterocycles. The van der Waals surface area contributed by atoms with E-state index < -0.39 is 57.3 Å². The van der Waals surface area contributed by atoms with Crippen LogP contribution in [0.2, 0.25) is 0 Å². The van der Waals surface area contributed by atoms with Gasteiger partial charge in [-0.3, -0.25) is 4.79 Å². The van der Waals surface area contributed by atoms with Crippen molar-refractivity contribution in [1.29, 1.82) is 0 Å². The van der Waals surface area contributed by atoms with E-state index in [1.54, 1.807) is 0 Å². The molecule has 192 valence electrons. The number of thiazole rings is 1. The Bertz CT molecular complexity index is 1370. The second kappa shape index (κ2) is 9.87. The number of alkyl halides is 3. The summed E-state index contributed by atoms with van der Waals surface area (Å²) < 4.78 is 95.2. The number of nitrogens with one attached hydrogen (secondary N) is 1. The largest absolute Gasteiger partial charge is 0.351 e. The summed E-state index contributed by atoms with van der Waals surface area (Å²) in [7, 11) is -4.29. The maximum Gasteiger partial charge on any atom is 0.296 e. The minimum absolute atomic E-state index is 0.225. The van der Waals surface area contributed by atoms with Crippen LogP contribution in [-0.4, -0.2) is 42.4 Å². The Balaban J connectivity index is 1.50. The smallest absolute Gasteiger partial charge is 0.296 e. The van der Waals surface area contributed by atoms with Crippen molar-refractivity contribution >= 4 is 27.3 Å². The maximum atomic E-state index is 14.2. The van der Waals surface area contributed by atoms with Crippen molar-refractivity contribution in [3.8, 4) is 10.4 Å². The SMILES string of the molecule is CC(F)(F)c1ncc(-c2cc(F)cc(CNC(=O)[C@@H]3C[C@@H](F)CN3S(=O)(=O)c3ccc(F)cc3)c2)s1. The monoisotopic (exact) mass is 545 g/mol. The van der Waals surface area contributed by atoms with E-state index >= 15 is 0 Å². The number of carbonyl (C=O) groups excluding carboxylic acids is 1. The molecule has 2 aromatic carbocycles. The van der Waals surface area contributed by atoms with Gasteiger partial charge in [-0.25, -0.2) is 26.6 Å². The van der Waals surface area contributed by atoms with E-state index in [1.165, 1.54) is 12.3 Å². The molecule has 1 amide bonds. The lowest BCUT2D eigenvalue weighted by atomic mass is 10.1. The van der Waals surface area contributed by atoms with Gasteiger partial charge in [-0.1, -0.05) is 0 Å². The topological polar surface area (TPSA) is 79.4 Å². The van der Waals surface area contributed by atoms with Gasteiger partial charge in [-0.15, -0.1) is 11.3 Å². The Labute approximate surface area is 207 Å². The second-order valence-electron chi connectivity index (χ2n) is 8.36.